The van der Waals surface area contributed by atoms with Crippen LogP contribution in [-0.2, 0) is 11.6 Å². The molecule has 0 aromatic heterocycles. The number of hydrogen-bond donors (Lipinski definition) is 0. The largest absolute Gasteiger partial charge is 0.133 e. The molecule has 0 heterocycles. The molecule has 1 aromatic rings. The predicted octanol–water partition coefficient (Wildman–Crippen LogP) is 4.78. The van der Waals surface area contributed by atoms with Gasteiger partial charge in [0.25, 0.3) is 0 Å². The second-order valence-corrected chi connectivity index (χ2v) is 5.27. The fourth-order valence-corrected chi connectivity index (χ4v) is 1.41. The van der Waals surface area contributed by atoms with Crippen LogP contribution in [0.5, 0.6) is 0 Å². The van der Waals surface area contributed by atoms with Crippen LogP contribution in [0.4, 0.5) is 0 Å². The lowest BCUT2D eigenvalue weighted by atomic mass is 9.87. The lowest BCUT2D eigenvalue weighted by Crippen LogP contribution is -2.10. The fourth-order valence-electron chi connectivity index (χ4n) is 1.14. The van der Waals surface area contributed by atoms with Gasteiger partial charge in [-0.05, 0) is 22.7 Å². The van der Waals surface area contributed by atoms with Gasteiger partial charge in [0, 0.05) is 0 Å². The summed E-state index contributed by atoms with van der Waals surface area (Å²) < 4.78 is 0. The van der Waals surface area contributed by atoms with Crippen molar-refractivity contribution in [3.63, 3.8) is 0 Å². The van der Waals surface area contributed by atoms with Crippen LogP contribution >= 0.6 is 9.24 Å². The highest BCUT2D eigenvalue weighted by molar-refractivity contribution is 7.15. The summed E-state index contributed by atoms with van der Waals surface area (Å²) >= 11 is 0. The normalized spacial score (nSPS) is 10.5. The average molecular weight is 224 g/mol. The molecule has 0 fully saturated rings. The molecule has 0 aliphatic heterocycles. The third kappa shape index (κ3) is 5.95. The highest BCUT2D eigenvalue weighted by Crippen LogP contribution is 2.22. The lowest BCUT2D eigenvalue weighted by Gasteiger charge is -2.18. The molecule has 1 rings (SSSR count). The van der Waals surface area contributed by atoms with E-state index in [9.17, 15) is 0 Å². The molecule has 0 saturated carbocycles. The van der Waals surface area contributed by atoms with Crippen molar-refractivity contribution in [3.05, 3.63) is 35.4 Å². The van der Waals surface area contributed by atoms with Gasteiger partial charge < -0.3 is 0 Å². The smallest absolute Gasteiger partial charge is 0.0128 e. The topological polar surface area (TPSA) is 0 Å². The summed E-state index contributed by atoms with van der Waals surface area (Å²) in [6, 6.07) is 8.85. The minimum Gasteiger partial charge on any atom is -0.133 e. The Kier molecular flexibility index (Phi) is 6.85. The molecule has 0 nitrogen and oxygen atoms in total. The monoisotopic (exact) mass is 224 g/mol. The van der Waals surface area contributed by atoms with Crippen LogP contribution in [0.15, 0.2) is 24.3 Å². The summed E-state index contributed by atoms with van der Waals surface area (Å²) in [7, 11) is 2.74. The standard InChI is InChI=1S/C11H17P.C3H8/c1-11(2,3)10-6-4-9(8-12)5-7-10;1-3-2/h4-7H,8,12H2,1-3H3;3H2,1-2H3. The van der Waals surface area contributed by atoms with Crippen molar-refractivity contribution in [1.82, 2.24) is 0 Å². The second-order valence-electron chi connectivity index (χ2n) is 4.86. The summed E-state index contributed by atoms with van der Waals surface area (Å²) in [4.78, 5) is 0. The van der Waals surface area contributed by atoms with Crippen molar-refractivity contribution in [3.8, 4) is 0 Å². The molecule has 0 amide bonds. The van der Waals surface area contributed by atoms with Crippen LogP contribution < -0.4 is 0 Å². The highest BCUT2D eigenvalue weighted by atomic mass is 31.0. The molecule has 1 atom stereocenters. The molecule has 0 aliphatic carbocycles. The van der Waals surface area contributed by atoms with Gasteiger partial charge >= 0.3 is 0 Å². The van der Waals surface area contributed by atoms with Gasteiger partial charge in [-0.15, -0.1) is 9.24 Å². The maximum absolute atomic E-state index is 2.74. The van der Waals surface area contributed by atoms with E-state index in [0.29, 0.717) is 0 Å². The molecule has 0 spiro atoms. The molecule has 0 radical (unpaired) electrons. The van der Waals surface area contributed by atoms with E-state index in [0.717, 1.165) is 6.16 Å². The zero-order valence-electron chi connectivity index (χ0n) is 10.8. The van der Waals surface area contributed by atoms with Gasteiger partial charge in [0.2, 0.25) is 0 Å². The number of benzene rings is 1. The van der Waals surface area contributed by atoms with E-state index >= 15 is 0 Å². The van der Waals surface area contributed by atoms with Crippen molar-refractivity contribution >= 4 is 9.24 Å². The first kappa shape index (κ1) is 14.6. The molecule has 0 aliphatic rings. The van der Waals surface area contributed by atoms with Crippen LogP contribution in [0.25, 0.3) is 0 Å². The van der Waals surface area contributed by atoms with Gasteiger partial charge in [-0.1, -0.05) is 65.3 Å². The van der Waals surface area contributed by atoms with E-state index < -0.39 is 0 Å². The van der Waals surface area contributed by atoms with E-state index in [1.165, 1.54) is 17.5 Å². The molecule has 1 unspecified atom stereocenters. The molecule has 15 heavy (non-hydrogen) atoms. The van der Waals surface area contributed by atoms with Gasteiger partial charge in [0.15, 0.2) is 0 Å². The van der Waals surface area contributed by atoms with Gasteiger partial charge in [0.05, 0.1) is 0 Å². The van der Waals surface area contributed by atoms with Crippen LogP contribution in [0.1, 0.15) is 52.2 Å². The summed E-state index contributed by atoms with van der Waals surface area (Å²) in [5.74, 6) is 0. The Morgan fingerprint density at radius 3 is 1.67 bits per heavy atom. The van der Waals surface area contributed by atoms with Crippen LogP contribution in [0.3, 0.4) is 0 Å². The Hall–Kier alpha value is -0.350. The number of rotatable bonds is 1. The van der Waals surface area contributed by atoms with Gasteiger partial charge in [-0.3, -0.25) is 0 Å². The minimum absolute atomic E-state index is 0.277. The first-order valence-corrected chi connectivity index (χ1v) is 6.56. The first-order valence-electron chi connectivity index (χ1n) is 5.75. The lowest BCUT2D eigenvalue weighted by molar-refractivity contribution is 0.590. The summed E-state index contributed by atoms with van der Waals surface area (Å²) in [6.07, 6.45) is 2.30. The molecule has 0 saturated heterocycles. The Morgan fingerprint density at radius 1 is 1.00 bits per heavy atom. The molecule has 1 heteroatoms. The van der Waals surface area contributed by atoms with Crippen LogP contribution in [0, 0.1) is 0 Å². The maximum Gasteiger partial charge on any atom is -0.0128 e. The van der Waals surface area contributed by atoms with Gasteiger partial charge in [-0.2, -0.15) is 0 Å². The van der Waals surface area contributed by atoms with E-state index in [-0.39, 0.29) is 5.41 Å². The zero-order valence-corrected chi connectivity index (χ0v) is 12.0. The van der Waals surface area contributed by atoms with E-state index in [4.69, 9.17) is 0 Å². The predicted molar refractivity (Wildman–Crippen MR) is 74.5 cm³/mol. The van der Waals surface area contributed by atoms with Crippen molar-refractivity contribution < 1.29 is 0 Å². The van der Waals surface area contributed by atoms with Gasteiger partial charge in [0.1, 0.15) is 0 Å². The first-order chi connectivity index (χ1) is 6.95. The second kappa shape index (κ2) is 7.01. The quantitative estimate of drug-likeness (QED) is 0.602. The Labute approximate surface area is 97.7 Å². The third-order valence-electron chi connectivity index (χ3n) is 2.06. The summed E-state index contributed by atoms with van der Waals surface area (Å²) in [5.41, 5.74) is 3.07. The maximum atomic E-state index is 2.74. The highest BCUT2D eigenvalue weighted by Gasteiger charge is 2.12. The van der Waals surface area contributed by atoms with E-state index in [1.54, 1.807) is 0 Å². The average Bonchev–Trinajstić information content (AvgIpc) is 2.18. The molecule has 86 valence electrons. The molecule has 1 aromatic carbocycles. The molecular weight excluding hydrogens is 199 g/mol. The SMILES string of the molecule is CC(C)(C)c1ccc(CP)cc1.CCC. The zero-order chi connectivity index (χ0) is 11.9. The van der Waals surface area contributed by atoms with Crippen molar-refractivity contribution in [1.29, 1.82) is 0 Å². The number of hydrogen-bond acceptors (Lipinski definition) is 0. The minimum atomic E-state index is 0.277. The van der Waals surface area contributed by atoms with Crippen LogP contribution in [0.2, 0.25) is 0 Å². The summed E-state index contributed by atoms with van der Waals surface area (Å²) in [5, 5.41) is 0. The van der Waals surface area contributed by atoms with Crippen LogP contribution in [-0.4, -0.2) is 0 Å². The van der Waals surface area contributed by atoms with E-state index in [1.807, 2.05) is 0 Å². The molecular formula is C14H25P. The Balaban J connectivity index is 0.000000583. The van der Waals surface area contributed by atoms with Gasteiger partial charge in [-0.25, -0.2) is 0 Å². The van der Waals surface area contributed by atoms with Crippen molar-refractivity contribution in [2.24, 2.45) is 0 Å². The third-order valence-corrected chi connectivity index (χ3v) is 2.53. The fraction of sp³-hybridized carbons (Fsp3) is 0.571. The van der Waals surface area contributed by atoms with Crippen molar-refractivity contribution in [2.45, 2.75) is 52.6 Å². The van der Waals surface area contributed by atoms with Crippen molar-refractivity contribution in [2.75, 3.05) is 0 Å². The molecule has 0 N–H and O–H groups in total. The summed E-state index contributed by atoms with van der Waals surface area (Å²) in [6.45, 7) is 11.0. The Morgan fingerprint density at radius 2 is 1.40 bits per heavy atom. The van der Waals surface area contributed by atoms with E-state index in [2.05, 4.69) is 68.1 Å². The Bertz CT molecular complexity index is 254. The molecule has 0 bridgehead atoms.